The van der Waals surface area contributed by atoms with Gasteiger partial charge in [0.05, 0.1) is 0 Å². The van der Waals surface area contributed by atoms with Crippen LogP contribution in [0.15, 0.2) is 31.1 Å². The zero-order chi connectivity index (χ0) is 8.97. The zero-order valence-electron chi connectivity index (χ0n) is 7.62. The van der Waals surface area contributed by atoms with Gasteiger partial charge in [0.15, 0.2) is 0 Å². The molecule has 2 heteroatoms. The minimum absolute atomic E-state index is 0.995. The van der Waals surface area contributed by atoms with Crippen molar-refractivity contribution in [3.8, 4) is 0 Å². The van der Waals surface area contributed by atoms with Crippen molar-refractivity contribution in [3.05, 3.63) is 36.7 Å². The number of aryl methyl sites for hydroxylation is 1. The highest BCUT2D eigenvalue weighted by Gasteiger charge is 2.02. The van der Waals surface area contributed by atoms with Crippen LogP contribution in [0.1, 0.15) is 12.5 Å². The fraction of sp³-hybridized carbons (Fsp3) is 0.300. The molecule has 2 nitrogen and oxygen atoms in total. The largest absolute Gasteiger partial charge is 0.336 e. The first kappa shape index (κ1) is 8.78. The molecule has 0 atom stereocenters. The highest BCUT2D eigenvalue weighted by molar-refractivity contribution is 5.47. The van der Waals surface area contributed by atoms with Crippen LogP contribution in [0.2, 0.25) is 0 Å². The SMILES string of the molecule is C=CN(C)c1ncccc1CC. The average Bonchev–Trinajstić information content (AvgIpc) is 2.16. The maximum absolute atomic E-state index is 4.27. The van der Waals surface area contributed by atoms with Crippen LogP contribution in [-0.4, -0.2) is 12.0 Å². The molecule has 1 aromatic heterocycles. The second kappa shape index (κ2) is 3.90. The molecule has 0 amide bonds. The summed E-state index contributed by atoms with van der Waals surface area (Å²) in [5.41, 5.74) is 1.25. The van der Waals surface area contributed by atoms with Gasteiger partial charge in [-0.1, -0.05) is 19.6 Å². The Labute approximate surface area is 73.5 Å². The minimum atomic E-state index is 0.995. The highest BCUT2D eigenvalue weighted by atomic mass is 15.1. The molecule has 0 saturated carbocycles. The first-order valence-corrected chi connectivity index (χ1v) is 4.09. The molecule has 0 bridgehead atoms. The van der Waals surface area contributed by atoms with Gasteiger partial charge in [0.2, 0.25) is 0 Å². The Bertz CT molecular complexity index is 268. The summed E-state index contributed by atoms with van der Waals surface area (Å²) in [5, 5.41) is 0. The lowest BCUT2D eigenvalue weighted by molar-refractivity contribution is 1.04. The first-order valence-electron chi connectivity index (χ1n) is 4.09. The van der Waals surface area contributed by atoms with Crippen LogP contribution in [0.25, 0.3) is 0 Å². The molecule has 1 heterocycles. The van der Waals surface area contributed by atoms with Gasteiger partial charge in [-0.25, -0.2) is 4.98 Å². The fourth-order valence-electron chi connectivity index (χ4n) is 1.11. The van der Waals surface area contributed by atoms with Gasteiger partial charge in [-0.15, -0.1) is 0 Å². The van der Waals surface area contributed by atoms with Crippen LogP contribution in [-0.2, 0) is 6.42 Å². The van der Waals surface area contributed by atoms with Crippen LogP contribution in [0, 0.1) is 0 Å². The fourth-order valence-corrected chi connectivity index (χ4v) is 1.11. The van der Waals surface area contributed by atoms with Crippen LogP contribution in [0.4, 0.5) is 5.82 Å². The quantitative estimate of drug-likeness (QED) is 0.677. The lowest BCUT2D eigenvalue weighted by Crippen LogP contribution is -2.11. The number of hydrogen-bond donors (Lipinski definition) is 0. The normalized spacial score (nSPS) is 9.50. The van der Waals surface area contributed by atoms with Crippen molar-refractivity contribution < 1.29 is 0 Å². The molecule has 0 aromatic carbocycles. The Balaban J connectivity index is 3.04. The number of pyridine rings is 1. The molecule has 0 unspecified atom stereocenters. The second-order valence-electron chi connectivity index (χ2n) is 2.63. The third-order valence-electron chi connectivity index (χ3n) is 1.86. The Hall–Kier alpha value is -1.31. The molecule has 0 N–H and O–H groups in total. The van der Waals surface area contributed by atoms with Crippen molar-refractivity contribution in [2.75, 3.05) is 11.9 Å². The van der Waals surface area contributed by atoms with Crippen LogP contribution in [0.5, 0.6) is 0 Å². The Morgan fingerprint density at radius 3 is 3.00 bits per heavy atom. The van der Waals surface area contributed by atoms with Gasteiger partial charge < -0.3 is 4.90 Å². The second-order valence-corrected chi connectivity index (χ2v) is 2.63. The molecule has 0 fully saturated rings. The van der Waals surface area contributed by atoms with E-state index in [9.17, 15) is 0 Å². The molecule has 64 valence electrons. The molecule has 12 heavy (non-hydrogen) atoms. The highest BCUT2D eigenvalue weighted by Crippen LogP contribution is 2.15. The summed E-state index contributed by atoms with van der Waals surface area (Å²) in [4.78, 5) is 6.20. The molecular weight excluding hydrogens is 148 g/mol. The Morgan fingerprint density at radius 1 is 1.67 bits per heavy atom. The molecule has 0 aliphatic heterocycles. The van der Waals surface area contributed by atoms with Gasteiger partial charge in [-0.05, 0) is 24.3 Å². The van der Waals surface area contributed by atoms with Crippen molar-refractivity contribution >= 4 is 5.82 Å². The van der Waals surface area contributed by atoms with Crippen molar-refractivity contribution in [2.45, 2.75) is 13.3 Å². The van der Waals surface area contributed by atoms with Crippen molar-refractivity contribution in [3.63, 3.8) is 0 Å². The van der Waals surface area contributed by atoms with E-state index in [0.717, 1.165) is 12.2 Å². The minimum Gasteiger partial charge on any atom is -0.336 e. The number of nitrogens with zero attached hydrogens (tertiary/aromatic N) is 2. The molecule has 1 rings (SSSR count). The molecule has 0 saturated heterocycles. The maximum Gasteiger partial charge on any atom is 0.135 e. The monoisotopic (exact) mass is 162 g/mol. The van der Waals surface area contributed by atoms with Gasteiger partial charge in [0.25, 0.3) is 0 Å². The van der Waals surface area contributed by atoms with Gasteiger partial charge in [0.1, 0.15) is 5.82 Å². The van der Waals surface area contributed by atoms with Gasteiger partial charge in [-0.2, -0.15) is 0 Å². The van der Waals surface area contributed by atoms with E-state index in [1.54, 1.807) is 12.4 Å². The van der Waals surface area contributed by atoms with E-state index < -0.39 is 0 Å². The summed E-state index contributed by atoms with van der Waals surface area (Å²) < 4.78 is 0. The molecule has 0 aliphatic rings. The summed E-state index contributed by atoms with van der Waals surface area (Å²) in [6.45, 7) is 5.82. The lowest BCUT2D eigenvalue weighted by atomic mass is 10.2. The molecule has 1 aromatic rings. The van der Waals surface area contributed by atoms with E-state index in [-0.39, 0.29) is 0 Å². The topological polar surface area (TPSA) is 16.1 Å². The molecule has 0 spiro atoms. The van der Waals surface area contributed by atoms with E-state index in [2.05, 4.69) is 24.6 Å². The van der Waals surface area contributed by atoms with Crippen molar-refractivity contribution in [2.24, 2.45) is 0 Å². The standard InChI is InChI=1S/C10H14N2/c1-4-9-7-6-8-11-10(9)12(3)5-2/h5-8H,2,4H2,1,3H3. The predicted molar refractivity (Wildman–Crippen MR) is 52.2 cm³/mol. The van der Waals surface area contributed by atoms with Crippen LogP contribution < -0.4 is 4.90 Å². The zero-order valence-corrected chi connectivity index (χ0v) is 7.62. The van der Waals surface area contributed by atoms with Gasteiger partial charge in [-0.3, -0.25) is 0 Å². The first-order chi connectivity index (χ1) is 5.79. The summed E-state index contributed by atoms with van der Waals surface area (Å²) >= 11 is 0. The summed E-state index contributed by atoms with van der Waals surface area (Å²) in [7, 11) is 1.95. The van der Waals surface area contributed by atoms with E-state index in [4.69, 9.17) is 0 Å². The molecule has 0 radical (unpaired) electrons. The van der Waals surface area contributed by atoms with E-state index in [1.807, 2.05) is 18.0 Å². The van der Waals surface area contributed by atoms with Gasteiger partial charge in [0, 0.05) is 13.2 Å². The summed E-state index contributed by atoms with van der Waals surface area (Å²) in [6.07, 6.45) is 4.57. The Kier molecular flexibility index (Phi) is 2.86. The predicted octanol–water partition coefficient (Wildman–Crippen LogP) is 2.22. The number of anilines is 1. The van der Waals surface area contributed by atoms with E-state index >= 15 is 0 Å². The smallest absolute Gasteiger partial charge is 0.135 e. The summed E-state index contributed by atoms with van der Waals surface area (Å²) in [5.74, 6) is 0.995. The van der Waals surface area contributed by atoms with E-state index in [1.165, 1.54) is 5.56 Å². The summed E-state index contributed by atoms with van der Waals surface area (Å²) in [6, 6.07) is 4.04. The third kappa shape index (κ3) is 1.64. The van der Waals surface area contributed by atoms with Crippen LogP contribution >= 0.6 is 0 Å². The van der Waals surface area contributed by atoms with Crippen LogP contribution in [0.3, 0.4) is 0 Å². The van der Waals surface area contributed by atoms with E-state index in [0.29, 0.717) is 0 Å². The molecular formula is C10H14N2. The average molecular weight is 162 g/mol. The number of aromatic nitrogens is 1. The van der Waals surface area contributed by atoms with Gasteiger partial charge >= 0.3 is 0 Å². The Morgan fingerprint density at radius 2 is 2.42 bits per heavy atom. The van der Waals surface area contributed by atoms with Crippen molar-refractivity contribution in [1.29, 1.82) is 0 Å². The lowest BCUT2D eigenvalue weighted by Gasteiger charge is -2.15. The maximum atomic E-state index is 4.27. The molecule has 0 aliphatic carbocycles. The third-order valence-corrected chi connectivity index (χ3v) is 1.86. The van der Waals surface area contributed by atoms with Crippen molar-refractivity contribution in [1.82, 2.24) is 4.98 Å². The number of hydrogen-bond acceptors (Lipinski definition) is 2. The number of rotatable bonds is 3.